The van der Waals surface area contributed by atoms with Gasteiger partial charge in [0.05, 0.1) is 24.9 Å². The van der Waals surface area contributed by atoms with Crippen LogP contribution < -0.4 is 15.4 Å². The van der Waals surface area contributed by atoms with Crippen molar-refractivity contribution in [2.75, 3.05) is 19.0 Å². The van der Waals surface area contributed by atoms with Crippen molar-refractivity contribution in [3.8, 4) is 18.1 Å². The molecule has 0 saturated carbocycles. The summed E-state index contributed by atoms with van der Waals surface area (Å²) in [6.45, 7) is 0.134. The van der Waals surface area contributed by atoms with Crippen LogP contribution in [0.2, 0.25) is 0 Å². The second-order valence-corrected chi connectivity index (χ2v) is 5.29. The maximum Gasteiger partial charge on any atom is 0.254 e. The van der Waals surface area contributed by atoms with Gasteiger partial charge in [0.2, 0.25) is 5.91 Å². The van der Waals surface area contributed by atoms with Gasteiger partial charge in [-0.05, 0) is 30.2 Å². The molecule has 0 fully saturated rings. The number of rotatable bonds is 7. The van der Waals surface area contributed by atoms with Crippen molar-refractivity contribution in [3.63, 3.8) is 0 Å². The van der Waals surface area contributed by atoms with Gasteiger partial charge in [0.25, 0.3) is 5.91 Å². The molecule has 5 heteroatoms. The summed E-state index contributed by atoms with van der Waals surface area (Å²) in [4.78, 5) is 24.4. The molecule has 0 saturated heterocycles. The molecular formula is C20H20N2O3. The Labute approximate surface area is 147 Å². The Morgan fingerprint density at radius 1 is 1.12 bits per heavy atom. The molecule has 2 rings (SSSR count). The minimum absolute atomic E-state index is 0.134. The third-order valence-electron chi connectivity index (χ3n) is 3.61. The number of methoxy groups -OCH3 is 1. The Kier molecular flexibility index (Phi) is 6.61. The molecule has 0 aliphatic rings. The number of hydrogen-bond donors (Lipinski definition) is 2. The van der Waals surface area contributed by atoms with Crippen molar-refractivity contribution in [2.45, 2.75) is 12.8 Å². The van der Waals surface area contributed by atoms with E-state index in [9.17, 15) is 9.59 Å². The van der Waals surface area contributed by atoms with Gasteiger partial charge in [-0.25, -0.2) is 0 Å². The lowest BCUT2D eigenvalue weighted by molar-refractivity contribution is -0.116. The van der Waals surface area contributed by atoms with Crippen LogP contribution in [0.1, 0.15) is 22.3 Å². The molecular weight excluding hydrogens is 316 g/mol. The average Bonchev–Trinajstić information content (AvgIpc) is 2.65. The Balaban J connectivity index is 2.01. The summed E-state index contributed by atoms with van der Waals surface area (Å²) in [5.74, 6) is 2.60. The Hall–Kier alpha value is -3.26. The summed E-state index contributed by atoms with van der Waals surface area (Å²) >= 11 is 0. The number of hydrogen-bond acceptors (Lipinski definition) is 3. The molecule has 0 atom stereocenters. The molecule has 0 aromatic heterocycles. The quantitative estimate of drug-likeness (QED) is 0.764. The van der Waals surface area contributed by atoms with Crippen LogP contribution in [0.15, 0.2) is 48.5 Å². The Morgan fingerprint density at radius 2 is 1.84 bits per heavy atom. The number of benzene rings is 2. The topological polar surface area (TPSA) is 67.4 Å². The highest BCUT2D eigenvalue weighted by atomic mass is 16.5. The van der Waals surface area contributed by atoms with Crippen LogP contribution in [-0.2, 0) is 11.2 Å². The van der Waals surface area contributed by atoms with Crippen molar-refractivity contribution in [1.29, 1.82) is 0 Å². The molecule has 5 nitrogen and oxygen atoms in total. The number of terminal acetylenes is 1. The van der Waals surface area contributed by atoms with Gasteiger partial charge in [-0.1, -0.05) is 36.3 Å². The predicted molar refractivity (Wildman–Crippen MR) is 97.6 cm³/mol. The van der Waals surface area contributed by atoms with Crippen LogP contribution in [0.5, 0.6) is 5.75 Å². The van der Waals surface area contributed by atoms with E-state index in [1.54, 1.807) is 31.4 Å². The second-order valence-electron chi connectivity index (χ2n) is 5.29. The largest absolute Gasteiger partial charge is 0.496 e. The van der Waals surface area contributed by atoms with E-state index in [-0.39, 0.29) is 24.8 Å². The predicted octanol–water partition coefficient (Wildman–Crippen LogP) is 2.63. The summed E-state index contributed by atoms with van der Waals surface area (Å²) in [7, 11) is 1.60. The molecule has 0 heterocycles. The first-order chi connectivity index (χ1) is 12.2. The number of para-hydroxylation sites is 2. The zero-order valence-electron chi connectivity index (χ0n) is 14.0. The van der Waals surface area contributed by atoms with Gasteiger partial charge in [-0.2, -0.15) is 0 Å². The first-order valence-electron chi connectivity index (χ1n) is 7.88. The molecule has 128 valence electrons. The molecule has 0 aliphatic carbocycles. The van der Waals surface area contributed by atoms with Gasteiger partial charge >= 0.3 is 0 Å². The highest BCUT2D eigenvalue weighted by Crippen LogP contribution is 2.20. The molecule has 0 bridgehead atoms. The van der Waals surface area contributed by atoms with Gasteiger partial charge in [0, 0.05) is 6.42 Å². The number of anilines is 1. The van der Waals surface area contributed by atoms with Crippen molar-refractivity contribution < 1.29 is 14.3 Å². The van der Waals surface area contributed by atoms with Gasteiger partial charge < -0.3 is 15.4 Å². The zero-order chi connectivity index (χ0) is 18.1. The first-order valence-corrected chi connectivity index (χ1v) is 7.88. The van der Waals surface area contributed by atoms with Gasteiger partial charge in [0.1, 0.15) is 5.75 Å². The van der Waals surface area contributed by atoms with Crippen LogP contribution in [0, 0.1) is 12.3 Å². The smallest absolute Gasteiger partial charge is 0.254 e. The fraction of sp³-hybridized carbons (Fsp3) is 0.200. The third-order valence-corrected chi connectivity index (χ3v) is 3.61. The SMILES string of the molecule is C#CCNC(=O)c1ccccc1NC(=O)CCc1ccccc1OC. The minimum Gasteiger partial charge on any atom is -0.496 e. The second kappa shape index (κ2) is 9.14. The van der Waals surface area contributed by atoms with E-state index in [0.29, 0.717) is 17.7 Å². The summed E-state index contributed by atoms with van der Waals surface area (Å²) in [6, 6.07) is 14.4. The van der Waals surface area contributed by atoms with Crippen LogP contribution in [0.3, 0.4) is 0 Å². The van der Waals surface area contributed by atoms with E-state index in [4.69, 9.17) is 11.2 Å². The number of carbonyl (C=O) groups is 2. The van der Waals surface area contributed by atoms with Gasteiger partial charge in [-0.15, -0.1) is 6.42 Å². The lowest BCUT2D eigenvalue weighted by atomic mass is 10.1. The molecule has 25 heavy (non-hydrogen) atoms. The van der Waals surface area contributed by atoms with Crippen molar-refractivity contribution >= 4 is 17.5 Å². The number of aryl methyl sites for hydroxylation is 1. The van der Waals surface area contributed by atoms with E-state index in [1.807, 2.05) is 24.3 Å². The van der Waals surface area contributed by atoms with Crippen molar-refractivity contribution in [3.05, 3.63) is 59.7 Å². The van der Waals surface area contributed by atoms with E-state index < -0.39 is 0 Å². The van der Waals surface area contributed by atoms with Crippen molar-refractivity contribution in [2.24, 2.45) is 0 Å². The van der Waals surface area contributed by atoms with E-state index in [1.165, 1.54) is 0 Å². The lowest BCUT2D eigenvalue weighted by Gasteiger charge is -2.11. The van der Waals surface area contributed by atoms with Crippen LogP contribution in [-0.4, -0.2) is 25.5 Å². The van der Waals surface area contributed by atoms with Gasteiger partial charge in [-0.3, -0.25) is 9.59 Å². The maximum absolute atomic E-state index is 12.3. The maximum atomic E-state index is 12.3. The summed E-state index contributed by atoms with van der Waals surface area (Å²) in [5, 5.41) is 5.38. The number of nitrogens with one attached hydrogen (secondary N) is 2. The Morgan fingerprint density at radius 3 is 2.60 bits per heavy atom. The van der Waals surface area contributed by atoms with Crippen molar-refractivity contribution in [1.82, 2.24) is 5.32 Å². The number of amides is 2. The number of carbonyl (C=O) groups excluding carboxylic acids is 2. The van der Waals surface area contributed by atoms with Gasteiger partial charge in [0.15, 0.2) is 0 Å². The fourth-order valence-electron chi connectivity index (χ4n) is 2.39. The molecule has 2 amide bonds. The molecule has 0 aliphatic heterocycles. The van der Waals surface area contributed by atoms with Crippen LogP contribution in [0.4, 0.5) is 5.69 Å². The summed E-state index contributed by atoms with van der Waals surface area (Å²) in [5.41, 5.74) is 1.80. The molecule has 0 unspecified atom stereocenters. The van der Waals surface area contributed by atoms with Crippen LogP contribution >= 0.6 is 0 Å². The standard InChI is InChI=1S/C20H20N2O3/c1-3-14-21-20(24)16-9-5-6-10-17(16)22-19(23)13-12-15-8-4-7-11-18(15)25-2/h1,4-11H,12-14H2,2H3,(H,21,24)(H,22,23). The van der Waals surface area contributed by atoms with Crippen LogP contribution in [0.25, 0.3) is 0 Å². The summed E-state index contributed by atoms with van der Waals surface area (Å²) < 4.78 is 5.28. The third kappa shape index (κ3) is 5.11. The minimum atomic E-state index is -0.321. The van der Waals surface area contributed by atoms with E-state index in [2.05, 4.69) is 16.6 Å². The zero-order valence-corrected chi connectivity index (χ0v) is 14.0. The number of ether oxygens (including phenoxy) is 1. The normalized spacial score (nSPS) is 9.76. The highest BCUT2D eigenvalue weighted by molar-refractivity contribution is 6.03. The molecule has 0 spiro atoms. The Bertz CT molecular complexity index is 794. The van der Waals surface area contributed by atoms with E-state index >= 15 is 0 Å². The highest BCUT2D eigenvalue weighted by Gasteiger charge is 2.13. The first kappa shape index (κ1) is 18.1. The monoisotopic (exact) mass is 336 g/mol. The van der Waals surface area contributed by atoms with E-state index in [0.717, 1.165) is 11.3 Å². The molecule has 0 radical (unpaired) electrons. The lowest BCUT2D eigenvalue weighted by Crippen LogP contribution is -2.25. The average molecular weight is 336 g/mol. The molecule has 2 aromatic carbocycles. The summed E-state index contributed by atoms with van der Waals surface area (Å²) in [6.07, 6.45) is 5.97. The molecule has 2 aromatic rings. The molecule has 2 N–H and O–H groups in total. The fourth-order valence-corrected chi connectivity index (χ4v) is 2.39.